The Hall–Kier alpha value is -2.45. The van der Waals surface area contributed by atoms with Gasteiger partial charge in [-0.05, 0) is 64.6 Å². The van der Waals surface area contributed by atoms with Crippen molar-refractivity contribution < 1.29 is 14.5 Å². The topological polar surface area (TPSA) is 52.2 Å². The summed E-state index contributed by atoms with van der Waals surface area (Å²) in [4.78, 5) is 18.8. The maximum absolute atomic E-state index is 6.25. The molecule has 0 aliphatic heterocycles. The number of hydrogen-bond donors (Lipinski definition) is 0. The fraction of sp³-hybridized carbons (Fsp3) is 0.333. The molecule has 0 saturated heterocycles. The molecule has 28 heavy (non-hydrogen) atoms. The third kappa shape index (κ3) is 4.51. The standard InChI is InChI=1S/C18H27N6O3P/c1-19(2)28(20(3)4)21(5)18(25-22-12-6-7-13-22,26-23-14-8-9-15-23)27-24-16-10-11-17-24/h6-17H,1-5H3. The largest absolute Gasteiger partial charge is 0.555 e. The quantitative estimate of drug-likeness (QED) is 0.377. The van der Waals surface area contributed by atoms with E-state index in [1.165, 1.54) is 0 Å². The minimum absolute atomic E-state index is 0.988. The zero-order chi connectivity index (χ0) is 20.1. The Labute approximate surface area is 166 Å². The minimum atomic E-state index is -1.61. The summed E-state index contributed by atoms with van der Waals surface area (Å²) in [5.74, 6) is 0. The van der Waals surface area contributed by atoms with Gasteiger partial charge in [-0.25, -0.2) is 0 Å². The van der Waals surface area contributed by atoms with Gasteiger partial charge in [-0.2, -0.15) is 14.2 Å². The Bertz CT molecular complexity index is 708. The van der Waals surface area contributed by atoms with Crippen LogP contribution >= 0.6 is 8.37 Å². The van der Waals surface area contributed by atoms with Crippen molar-refractivity contribution in [1.82, 2.24) is 28.2 Å². The summed E-state index contributed by atoms with van der Waals surface area (Å²) < 4.78 is 10.8. The second-order valence-corrected chi connectivity index (χ2v) is 9.15. The first kappa shape index (κ1) is 20.3. The van der Waals surface area contributed by atoms with Crippen LogP contribution in [0.25, 0.3) is 0 Å². The molecule has 3 aromatic heterocycles. The highest BCUT2D eigenvalue weighted by Gasteiger charge is 2.51. The Morgan fingerprint density at radius 1 is 0.571 bits per heavy atom. The molecular formula is C18H27N6O3P. The lowest BCUT2D eigenvalue weighted by Crippen LogP contribution is -2.66. The van der Waals surface area contributed by atoms with Crippen LogP contribution in [0.4, 0.5) is 0 Å². The summed E-state index contributed by atoms with van der Waals surface area (Å²) in [5.41, 5.74) is 0. The van der Waals surface area contributed by atoms with E-state index >= 15 is 0 Å². The molecule has 0 aliphatic rings. The first-order chi connectivity index (χ1) is 13.4. The molecule has 9 nitrogen and oxygen atoms in total. The molecular weight excluding hydrogens is 379 g/mol. The molecule has 0 amide bonds. The molecule has 0 atom stereocenters. The van der Waals surface area contributed by atoms with Crippen LogP contribution in [0.2, 0.25) is 0 Å². The van der Waals surface area contributed by atoms with E-state index in [9.17, 15) is 0 Å². The first-order valence-electron chi connectivity index (χ1n) is 8.77. The summed E-state index contributed by atoms with van der Waals surface area (Å²) >= 11 is 0. The average Bonchev–Trinajstić information content (AvgIpc) is 3.37. The number of nitrogens with zero attached hydrogens (tertiary/aromatic N) is 6. The lowest BCUT2D eigenvalue weighted by molar-refractivity contribution is -0.419. The SMILES string of the molecule is CN(C)P(N(C)C)N(C)C(On1cccc1)(On1cccc1)On1cccc1. The normalized spacial score (nSPS) is 12.3. The minimum Gasteiger partial charge on any atom is -0.312 e. The molecule has 152 valence electrons. The van der Waals surface area contributed by atoms with E-state index in [0.29, 0.717) is 0 Å². The van der Waals surface area contributed by atoms with Gasteiger partial charge in [0.2, 0.25) is 0 Å². The van der Waals surface area contributed by atoms with Crippen molar-refractivity contribution in [2.75, 3.05) is 35.2 Å². The van der Waals surface area contributed by atoms with Gasteiger partial charge in [0, 0.05) is 44.2 Å². The molecule has 0 N–H and O–H groups in total. The van der Waals surface area contributed by atoms with E-state index in [1.54, 1.807) is 51.4 Å². The van der Waals surface area contributed by atoms with E-state index < -0.39 is 14.5 Å². The average molecular weight is 406 g/mol. The van der Waals surface area contributed by atoms with Crippen LogP contribution in [0.1, 0.15) is 0 Å². The van der Waals surface area contributed by atoms with Crippen molar-refractivity contribution in [2.24, 2.45) is 0 Å². The van der Waals surface area contributed by atoms with Crippen LogP contribution in [0, 0.1) is 0 Å². The van der Waals surface area contributed by atoms with E-state index in [1.807, 2.05) is 76.3 Å². The van der Waals surface area contributed by atoms with Crippen molar-refractivity contribution in [3.63, 3.8) is 0 Å². The Kier molecular flexibility index (Phi) is 6.31. The second kappa shape index (κ2) is 8.70. The zero-order valence-corrected chi connectivity index (χ0v) is 17.7. The van der Waals surface area contributed by atoms with Gasteiger partial charge in [0.15, 0.2) is 0 Å². The fourth-order valence-corrected chi connectivity index (χ4v) is 4.89. The van der Waals surface area contributed by atoms with Gasteiger partial charge in [-0.3, -0.25) is 9.34 Å². The molecule has 0 fully saturated rings. The van der Waals surface area contributed by atoms with Gasteiger partial charge in [0.25, 0.3) is 0 Å². The molecule has 0 unspecified atom stereocenters. The maximum atomic E-state index is 6.25. The summed E-state index contributed by atoms with van der Waals surface area (Å²) in [6.45, 7) is 0. The van der Waals surface area contributed by atoms with E-state index in [0.717, 1.165) is 0 Å². The van der Waals surface area contributed by atoms with E-state index in [-0.39, 0.29) is 0 Å². The first-order valence-corrected chi connectivity index (χ1v) is 9.97. The zero-order valence-electron chi connectivity index (χ0n) is 16.8. The highest BCUT2D eigenvalue weighted by atomic mass is 31.2. The highest BCUT2D eigenvalue weighted by molar-refractivity contribution is 7.50. The Balaban J connectivity index is 2.06. The van der Waals surface area contributed by atoms with Gasteiger partial charge in [0.1, 0.15) is 8.37 Å². The molecule has 3 aromatic rings. The predicted octanol–water partition coefficient (Wildman–Crippen LogP) is 1.67. The lowest BCUT2D eigenvalue weighted by Gasteiger charge is -2.44. The van der Waals surface area contributed by atoms with Gasteiger partial charge in [-0.1, -0.05) is 0 Å². The second-order valence-electron chi connectivity index (χ2n) is 6.41. The molecule has 0 aliphatic carbocycles. The molecule has 0 saturated carbocycles. The number of hydrogen-bond acceptors (Lipinski definition) is 6. The van der Waals surface area contributed by atoms with Crippen molar-refractivity contribution in [3.05, 3.63) is 73.6 Å². The third-order valence-corrected chi connectivity index (χ3v) is 5.99. The molecule has 0 aromatic carbocycles. The molecule has 3 rings (SSSR count). The molecule has 10 heteroatoms. The van der Waals surface area contributed by atoms with Gasteiger partial charge in [0.05, 0.1) is 0 Å². The number of rotatable bonds is 10. The highest BCUT2D eigenvalue weighted by Crippen LogP contribution is 2.46. The van der Waals surface area contributed by atoms with E-state index in [2.05, 4.69) is 9.34 Å². The monoisotopic (exact) mass is 406 g/mol. The van der Waals surface area contributed by atoms with Gasteiger partial charge in [-0.15, -0.1) is 4.67 Å². The molecule has 0 radical (unpaired) electrons. The van der Waals surface area contributed by atoms with Gasteiger partial charge >= 0.3 is 6.10 Å². The van der Waals surface area contributed by atoms with Crippen molar-refractivity contribution >= 4 is 8.37 Å². The van der Waals surface area contributed by atoms with Gasteiger partial charge < -0.3 is 14.5 Å². The van der Waals surface area contributed by atoms with Crippen molar-refractivity contribution in [1.29, 1.82) is 0 Å². The van der Waals surface area contributed by atoms with Crippen LogP contribution in [0.15, 0.2) is 73.6 Å². The summed E-state index contributed by atoms with van der Waals surface area (Å²) in [5, 5.41) is 0. The van der Waals surface area contributed by atoms with Crippen molar-refractivity contribution in [3.8, 4) is 0 Å². The predicted molar refractivity (Wildman–Crippen MR) is 108 cm³/mol. The molecule has 0 spiro atoms. The molecule has 0 bridgehead atoms. The summed E-state index contributed by atoms with van der Waals surface area (Å²) in [7, 11) is 8.95. The number of aromatic nitrogens is 3. The van der Waals surface area contributed by atoms with Crippen LogP contribution in [-0.4, -0.2) is 69.5 Å². The maximum Gasteiger partial charge on any atom is 0.555 e. The Morgan fingerprint density at radius 3 is 1.11 bits per heavy atom. The van der Waals surface area contributed by atoms with Crippen LogP contribution in [0.5, 0.6) is 0 Å². The fourth-order valence-electron chi connectivity index (χ4n) is 2.77. The lowest BCUT2D eigenvalue weighted by atomic mass is 10.7. The van der Waals surface area contributed by atoms with Crippen LogP contribution in [-0.2, 0) is 0 Å². The summed E-state index contributed by atoms with van der Waals surface area (Å²) in [6.07, 6.45) is 9.10. The Morgan fingerprint density at radius 2 is 0.857 bits per heavy atom. The van der Waals surface area contributed by atoms with Crippen molar-refractivity contribution in [2.45, 2.75) is 6.10 Å². The van der Waals surface area contributed by atoms with Crippen LogP contribution in [0.3, 0.4) is 0 Å². The molecule has 3 heterocycles. The van der Waals surface area contributed by atoms with E-state index in [4.69, 9.17) is 14.5 Å². The third-order valence-electron chi connectivity index (χ3n) is 3.77. The van der Waals surface area contributed by atoms with Crippen LogP contribution < -0.4 is 14.5 Å². The smallest absolute Gasteiger partial charge is 0.312 e. The summed E-state index contributed by atoms with van der Waals surface area (Å²) in [6, 6.07) is 11.2.